The number of rotatable bonds is 4. The van der Waals surface area contributed by atoms with Gasteiger partial charge in [-0.1, -0.05) is 47.5 Å². The summed E-state index contributed by atoms with van der Waals surface area (Å²) >= 11 is 0. The third-order valence-corrected chi connectivity index (χ3v) is 3.09. The SMILES string of the molecule is Cc1cc(C)cc(COc2ccccc2[C@H](C)N)c1. The van der Waals surface area contributed by atoms with Crippen LogP contribution in [0, 0.1) is 13.8 Å². The lowest BCUT2D eigenvalue weighted by atomic mass is 10.1. The summed E-state index contributed by atoms with van der Waals surface area (Å²) in [7, 11) is 0. The Morgan fingerprint density at radius 2 is 1.68 bits per heavy atom. The summed E-state index contributed by atoms with van der Waals surface area (Å²) in [6.07, 6.45) is 0. The van der Waals surface area contributed by atoms with Gasteiger partial charge in [-0.2, -0.15) is 0 Å². The lowest BCUT2D eigenvalue weighted by Crippen LogP contribution is -2.08. The highest BCUT2D eigenvalue weighted by Crippen LogP contribution is 2.24. The third kappa shape index (κ3) is 3.58. The second-order valence-corrected chi connectivity index (χ2v) is 5.11. The minimum atomic E-state index is -0.0181. The molecule has 0 saturated heterocycles. The Kier molecular flexibility index (Phi) is 4.23. The fraction of sp³-hybridized carbons (Fsp3) is 0.294. The van der Waals surface area contributed by atoms with E-state index in [1.807, 2.05) is 31.2 Å². The normalized spacial score (nSPS) is 12.2. The summed E-state index contributed by atoms with van der Waals surface area (Å²) in [6.45, 7) is 6.75. The van der Waals surface area contributed by atoms with E-state index in [1.54, 1.807) is 0 Å². The van der Waals surface area contributed by atoms with E-state index in [4.69, 9.17) is 10.5 Å². The van der Waals surface area contributed by atoms with Crippen molar-refractivity contribution in [3.05, 3.63) is 64.7 Å². The molecular weight excluding hydrogens is 234 g/mol. The molecule has 2 rings (SSSR count). The molecule has 0 aliphatic heterocycles. The second-order valence-electron chi connectivity index (χ2n) is 5.11. The summed E-state index contributed by atoms with van der Waals surface area (Å²) in [5, 5.41) is 0. The van der Waals surface area contributed by atoms with Gasteiger partial charge < -0.3 is 10.5 Å². The van der Waals surface area contributed by atoms with Gasteiger partial charge in [0.05, 0.1) is 0 Å². The Morgan fingerprint density at radius 3 is 2.32 bits per heavy atom. The zero-order chi connectivity index (χ0) is 13.8. The molecule has 0 spiro atoms. The molecule has 0 aliphatic rings. The number of ether oxygens (including phenoxy) is 1. The topological polar surface area (TPSA) is 35.2 Å². The predicted octanol–water partition coefficient (Wildman–Crippen LogP) is 3.90. The van der Waals surface area contributed by atoms with Crippen molar-refractivity contribution in [2.75, 3.05) is 0 Å². The van der Waals surface area contributed by atoms with Crippen LogP contribution in [-0.2, 0) is 6.61 Å². The monoisotopic (exact) mass is 255 g/mol. The fourth-order valence-corrected chi connectivity index (χ4v) is 2.30. The number of hydrogen-bond acceptors (Lipinski definition) is 2. The van der Waals surface area contributed by atoms with Crippen molar-refractivity contribution in [2.24, 2.45) is 5.73 Å². The van der Waals surface area contributed by atoms with Crippen LogP contribution in [-0.4, -0.2) is 0 Å². The fourth-order valence-electron chi connectivity index (χ4n) is 2.30. The number of para-hydroxylation sites is 1. The number of benzene rings is 2. The molecule has 0 amide bonds. The Labute approximate surface area is 115 Å². The van der Waals surface area contributed by atoms with Crippen LogP contribution in [0.25, 0.3) is 0 Å². The van der Waals surface area contributed by atoms with Crippen LogP contribution in [0.3, 0.4) is 0 Å². The van der Waals surface area contributed by atoms with Gasteiger partial charge >= 0.3 is 0 Å². The molecule has 0 heterocycles. The van der Waals surface area contributed by atoms with Crippen molar-refractivity contribution in [1.82, 2.24) is 0 Å². The molecule has 0 aliphatic carbocycles. The quantitative estimate of drug-likeness (QED) is 0.899. The molecule has 19 heavy (non-hydrogen) atoms. The maximum absolute atomic E-state index is 5.95. The van der Waals surface area contributed by atoms with E-state index < -0.39 is 0 Å². The van der Waals surface area contributed by atoms with Gasteiger partial charge in [0.15, 0.2) is 0 Å². The second kappa shape index (κ2) is 5.89. The molecule has 2 heteroatoms. The maximum atomic E-state index is 5.95. The van der Waals surface area contributed by atoms with E-state index in [0.717, 1.165) is 11.3 Å². The molecule has 2 nitrogen and oxygen atoms in total. The highest BCUT2D eigenvalue weighted by Gasteiger charge is 2.07. The number of aryl methyl sites for hydroxylation is 2. The highest BCUT2D eigenvalue weighted by atomic mass is 16.5. The minimum absolute atomic E-state index is 0.0181. The van der Waals surface area contributed by atoms with Crippen molar-refractivity contribution >= 4 is 0 Å². The molecule has 0 unspecified atom stereocenters. The standard InChI is InChI=1S/C17H21NO/c1-12-8-13(2)10-15(9-12)11-19-17-7-5-4-6-16(17)14(3)18/h4-10,14H,11,18H2,1-3H3/t14-/m0/s1. The Hall–Kier alpha value is -1.80. The first-order valence-electron chi connectivity index (χ1n) is 6.61. The average molecular weight is 255 g/mol. The first kappa shape index (κ1) is 13.6. The van der Waals surface area contributed by atoms with E-state index in [9.17, 15) is 0 Å². The van der Waals surface area contributed by atoms with E-state index in [1.165, 1.54) is 16.7 Å². The molecule has 0 fully saturated rings. The van der Waals surface area contributed by atoms with E-state index in [2.05, 4.69) is 32.0 Å². The zero-order valence-electron chi connectivity index (χ0n) is 11.8. The van der Waals surface area contributed by atoms with Gasteiger partial charge in [0.25, 0.3) is 0 Å². The number of nitrogens with two attached hydrogens (primary N) is 1. The summed E-state index contributed by atoms with van der Waals surface area (Å²) in [4.78, 5) is 0. The van der Waals surface area contributed by atoms with Gasteiger partial charge in [0.1, 0.15) is 12.4 Å². The smallest absolute Gasteiger partial charge is 0.124 e. The Bertz CT molecular complexity index is 541. The summed E-state index contributed by atoms with van der Waals surface area (Å²) < 4.78 is 5.91. The molecule has 0 aromatic heterocycles. The first-order chi connectivity index (χ1) is 9.06. The molecule has 2 aromatic rings. The minimum Gasteiger partial charge on any atom is -0.489 e. The molecule has 2 N–H and O–H groups in total. The van der Waals surface area contributed by atoms with Gasteiger partial charge in [-0.05, 0) is 32.4 Å². The molecule has 1 atom stereocenters. The van der Waals surface area contributed by atoms with Gasteiger partial charge in [0, 0.05) is 11.6 Å². The summed E-state index contributed by atoms with van der Waals surface area (Å²) in [5.74, 6) is 0.872. The Balaban J connectivity index is 2.14. The van der Waals surface area contributed by atoms with Gasteiger partial charge in [-0.25, -0.2) is 0 Å². The van der Waals surface area contributed by atoms with Gasteiger partial charge in [-0.15, -0.1) is 0 Å². The van der Waals surface area contributed by atoms with Crippen molar-refractivity contribution in [3.8, 4) is 5.75 Å². The Morgan fingerprint density at radius 1 is 1.05 bits per heavy atom. The highest BCUT2D eigenvalue weighted by molar-refractivity contribution is 5.36. The van der Waals surface area contributed by atoms with E-state index in [-0.39, 0.29) is 6.04 Å². The van der Waals surface area contributed by atoms with Crippen LogP contribution in [0.4, 0.5) is 0 Å². The van der Waals surface area contributed by atoms with Crippen molar-refractivity contribution in [1.29, 1.82) is 0 Å². The van der Waals surface area contributed by atoms with Crippen molar-refractivity contribution in [3.63, 3.8) is 0 Å². The molecular formula is C17H21NO. The first-order valence-corrected chi connectivity index (χ1v) is 6.61. The number of hydrogen-bond donors (Lipinski definition) is 1. The van der Waals surface area contributed by atoms with Gasteiger partial charge in [-0.3, -0.25) is 0 Å². The van der Waals surface area contributed by atoms with E-state index in [0.29, 0.717) is 6.61 Å². The largest absolute Gasteiger partial charge is 0.489 e. The van der Waals surface area contributed by atoms with Crippen LogP contribution in [0.15, 0.2) is 42.5 Å². The lowest BCUT2D eigenvalue weighted by molar-refractivity contribution is 0.301. The average Bonchev–Trinajstić information content (AvgIpc) is 2.35. The zero-order valence-corrected chi connectivity index (χ0v) is 11.8. The van der Waals surface area contributed by atoms with Crippen LogP contribution in [0.2, 0.25) is 0 Å². The van der Waals surface area contributed by atoms with Crippen LogP contribution >= 0.6 is 0 Å². The maximum Gasteiger partial charge on any atom is 0.124 e. The molecule has 100 valence electrons. The van der Waals surface area contributed by atoms with Crippen molar-refractivity contribution < 1.29 is 4.74 Å². The van der Waals surface area contributed by atoms with Crippen LogP contribution < -0.4 is 10.5 Å². The molecule has 0 bridgehead atoms. The lowest BCUT2D eigenvalue weighted by Gasteiger charge is -2.14. The van der Waals surface area contributed by atoms with Gasteiger partial charge in [0.2, 0.25) is 0 Å². The summed E-state index contributed by atoms with van der Waals surface area (Å²) in [5.41, 5.74) is 10.7. The van der Waals surface area contributed by atoms with Crippen LogP contribution in [0.1, 0.15) is 35.2 Å². The van der Waals surface area contributed by atoms with Crippen molar-refractivity contribution in [2.45, 2.75) is 33.4 Å². The summed E-state index contributed by atoms with van der Waals surface area (Å²) in [6, 6.07) is 14.4. The van der Waals surface area contributed by atoms with Crippen LogP contribution in [0.5, 0.6) is 5.75 Å². The predicted molar refractivity (Wildman–Crippen MR) is 79.3 cm³/mol. The van der Waals surface area contributed by atoms with E-state index >= 15 is 0 Å². The molecule has 0 radical (unpaired) electrons. The molecule has 0 saturated carbocycles. The third-order valence-electron chi connectivity index (χ3n) is 3.09. The molecule has 2 aromatic carbocycles.